The molecule has 3 nitrogen and oxygen atoms in total. The smallest absolute Gasteiger partial charge is 0.212 e. The lowest BCUT2D eigenvalue weighted by molar-refractivity contribution is 1.28. The first kappa shape index (κ1) is 5.94. The molecule has 0 aliphatic heterocycles. The molecule has 2 aromatic heterocycles. The Morgan fingerprint density at radius 2 is 2.50 bits per heavy atom. The van der Waals surface area contributed by atoms with Gasteiger partial charge in [0.15, 0.2) is 5.01 Å². The second-order valence-corrected chi connectivity index (χ2v) is 3.04. The standard InChI is InChI=1S/C5H2N3S2/c1-4(7-3-9-1)5-6-2-8-10-5/h1,3H. The molecule has 10 heavy (non-hydrogen) atoms. The lowest BCUT2D eigenvalue weighted by Crippen LogP contribution is -1.71. The van der Waals surface area contributed by atoms with Gasteiger partial charge in [-0.25, -0.2) is 9.97 Å². The summed E-state index contributed by atoms with van der Waals surface area (Å²) >= 11 is 2.86. The van der Waals surface area contributed by atoms with Gasteiger partial charge < -0.3 is 0 Å². The Labute approximate surface area is 65.6 Å². The minimum atomic E-state index is 0.834. The number of hydrogen-bond acceptors (Lipinski definition) is 5. The van der Waals surface area contributed by atoms with Crippen molar-refractivity contribution in [3.05, 3.63) is 17.2 Å². The fraction of sp³-hybridized carbons (Fsp3) is 0. The van der Waals surface area contributed by atoms with Gasteiger partial charge in [0.1, 0.15) is 5.69 Å². The molecular formula is C5H2N3S2. The fourth-order valence-corrected chi connectivity index (χ4v) is 1.64. The molecule has 2 heterocycles. The summed E-state index contributed by atoms with van der Waals surface area (Å²) < 4.78 is 3.75. The quantitative estimate of drug-likeness (QED) is 0.647. The van der Waals surface area contributed by atoms with Crippen LogP contribution in [0.15, 0.2) is 10.9 Å². The third kappa shape index (κ3) is 0.932. The van der Waals surface area contributed by atoms with Crippen molar-refractivity contribution in [1.82, 2.24) is 14.3 Å². The summed E-state index contributed by atoms with van der Waals surface area (Å²) in [5.74, 6) is 0. The van der Waals surface area contributed by atoms with Gasteiger partial charge in [0.2, 0.25) is 6.33 Å². The molecule has 5 heteroatoms. The van der Waals surface area contributed by atoms with Gasteiger partial charge in [-0.05, 0) is 11.5 Å². The van der Waals surface area contributed by atoms with Crippen molar-refractivity contribution in [2.24, 2.45) is 0 Å². The van der Waals surface area contributed by atoms with Gasteiger partial charge in [0.05, 0.1) is 5.51 Å². The Bertz CT molecular complexity index is 254. The second kappa shape index (κ2) is 2.43. The number of thiazole rings is 1. The molecule has 0 spiro atoms. The maximum absolute atomic E-state index is 4.07. The molecule has 2 rings (SSSR count). The summed E-state index contributed by atoms with van der Waals surface area (Å²) in [4.78, 5) is 7.95. The highest BCUT2D eigenvalue weighted by molar-refractivity contribution is 7.10. The van der Waals surface area contributed by atoms with E-state index in [9.17, 15) is 0 Å². The predicted molar refractivity (Wildman–Crippen MR) is 39.9 cm³/mol. The molecule has 0 saturated carbocycles. The van der Waals surface area contributed by atoms with Gasteiger partial charge in [-0.1, -0.05) is 0 Å². The molecule has 1 radical (unpaired) electrons. The molecule has 0 aliphatic carbocycles. The second-order valence-electron chi connectivity index (χ2n) is 1.57. The van der Waals surface area contributed by atoms with E-state index in [1.165, 1.54) is 11.5 Å². The molecule has 0 N–H and O–H groups in total. The molecule has 0 aromatic carbocycles. The van der Waals surface area contributed by atoms with Gasteiger partial charge >= 0.3 is 0 Å². The SMILES string of the molecule is [c]1nsc(-c2cscn2)n1. The molecule has 49 valence electrons. The van der Waals surface area contributed by atoms with Gasteiger partial charge in [0.25, 0.3) is 0 Å². The molecule has 0 atom stereocenters. The minimum Gasteiger partial charge on any atom is -0.242 e. The Morgan fingerprint density at radius 3 is 3.10 bits per heavy atom. The predicted octanol–water partition coefficient (Wildman–Crippen LogP) is 1.46. The molecule has 0 fully saturated rings. The lowest BCUT2D eigenvalue weighted by Gasteiger charge is -1.80. The van der Waals surface area contributed by atoms with E-state index in [4.69, 9.17) is 0 Å². The van der Waals surface area contributed by atoms with Crippen molar-refractivity contribution in [1.29, 1.82) is 0 Å². The van der Waals surface area contributed by atoms with E-state index in [1.807, 2.05) is 5.38 Å². The van der Waals surface area contributed by atoms with Gasteiger partial charge in [0, 0.05) is 5.38 Å². The van der Waals surface area contributed by atoms with Crippen LogP contribution >= 0.6 is 22.9 Å². The van der Waals surface area contributed by atoms with E-state index < -0.39 is 0 Å². The van der Waals surface area contributed by atoms with Crippen LogP contribution in [0.4, 0.5) is 0 Å². The first-order valence-corrected chi connectivity index (χ1v) is 4.27. The molecule has 0 saturated heterocycles. The monoisotopic (exact) mass is 168 g/mol. The lowest BCUT2D eigenvalue weighted by atomic mass is 10.5. The van der Waals surface area contributed by atoms with Gasteiger partial charge in [-0.3, -0.25) is 0 Å². The molecule has 0 aliphatic rings. The molecule has 0 unspecified atom stereocenters. The Kier molecular flexibility index (Phi) is 1.44. The van der Waals surface area contributed by atoms with Gasteiger partial charge in [-0.2, -0.15) is 4.37 Å². The average Bonchev–Trinajstić information content (AvgIpc) is 2.59. The third-order valence-electron chi connectivity index (χ3n) is 0.976. The van der Waals surface area contributed by atoms with Crippen LogP contribution < -0.4 is 0 Å². The number of hydrogen-bond donors (Lipinski definition) is 0. The zero-order valence-corrected chi connectivity index (χ0v) is 6.45. The normalized spacial score (nSPS) is 10.0. The number of aromatic nitrogens is 3. The maximum Gasteiger partial charge on any atom is 0.212 e. The van der Waals surface area contributed by atoms with Crippen LogP contribution in [0.3, 0.4) is 0 Å². The van der Waals surface area contributed by atoms with Crippen LogP contribution in [0, 0.1) is 6.33 Å². The summed E-state index contributed by atoms with van der Waals surface area (Å²) in [7, 11) is 0. The Morgan fingerprint density at radius 1 is 1.50 bits per heavy atom. The molecule has 0 bridgehead atoms. The van der Waals surface area contributed by atoms with Crippen molar-refractivity contribution in [2.45, 2.75) is 0 Å². The van der Waals surface area contributed by atoms with E-state index in [0.717, 1.165) is 10.7 Å². The number of nitrogens with zero attached hydrogens (tertiary/aromatic N) is 3. The molecule has 2 aromatic rings. The van der Waals surface area contributed by atoms with Crippen LogP contribution in [-0.4, -0.2) is 14.3 Å². The summed E-state index contributed by atoms with van der Waals surface area (Å²) in [6.07, 6.45) is 2.50. The van der Waals surface area contributed by atoms with E-state index in [2.05, 4.69) is 20.7 Å². The minimum absolute atomic E-state index is 0.834. The van der Waals surface area contributed by atoms with E-state index >= 15 is 0 Å². The fourth-order valence-electron chi connectivity index (χ4n) is 0.572. The van der Waals surface area contributed by atoms with Crippen LogP contribution in [0.25, 0.3) is 10.7 Å². The summed E-state index contributed by atoms with van der Waals surface area (Å²) in [6, 6.07) is 0. The largest absolute Gasteiger partial charge is 0.242 e. The highest BCUT2D eigenvalue weighted by atomic mass is 32.1. The van der Waals surface area contributed by atoms with Crippen molar-refractivity contribution in [3.8, 4) is 10.7 Å². The Balaban J connectivity index is 2.48. The van der Waals surface area contributed by atoms with E-state index in [-0.39, 0.29) is 0 Å². The van der Waals surface area contributed by atoms with E-state index in [0.29, 0.717) is 0 Å². The van der Waals surface area contributed by atoms with E-state index in [1.54, 1.807) is 16.8 Å². The van der Waals surface area contributed by atoms with Crippen molar-refractivity contribution in [3.63, 3.8) is 0 Å². The molecular weight excluding hydrogens is 166 g/mol. The van der Waals surface area contributed by atoms with Crippen molar-refractivity contribution in [2.75, 3.05) is 0 Å². The van der Waals surface area contributed by atoms with Crippen molar-refractivity contribution >= 4 is 22.9 Å². The highest BCUT2D eigenvalue weighted by Gasteiger charge is 2.01. The first-order chi connectivity index (χ1) is 4.97. The topological polar surface area (TPSA) is 38.7 Å². The zero-order valence-electron chi connectivity index (χ0n) is 4.81. The number of rotatable bonds is 1. The Hall–Kier alpha value is -0.810. The highest BCUT2D eigenvalue weighted by Crippen LogP contribution is 2.18. The van der Waals surface area contributed by atoms with Crippen LogP contribution in [0.2, 0.25) is 0 Å². The van der Waals surface area contributed by atoms with Crippen LogP contribution in [0.5, 0.6) is 0 Å². The summed E-state index contributed by atoms with van der Waals surface area (Å²) in [5.41, 5.74) is 2.67. The van der Waals surface area contributed by atoms with Crippen molar-refractivity contribution < 1.29 is 0 Å². The zero-order chi connectivity index (χ0) is 6.81. The molecule has 0 amide bonds. The average molecular weight is 168 g/mol. The van der Waals surface area contributed by atoms with Crippen LogP contribution in [0.1, 0.15) is 0 Å². The van der Waals surface area contributed by atoms with Crippen LogP contribution in [-0.2, 0) is 0 Å². The third-order valence-corrected chi connectivity index (χ3v) is 2.21. The summed E-state index contributed by atoms with van der Waals surface area (Å²) in [5, 5.41) is 2.77. The first-order valence-electron chi connectivity index (χ1n) is 2.55. The maximum atomic E-state index is 4.07. The summed E-state index contributed by atoms with van der Waals surface area (Å²) in [6.45, 7) is 0. The van der Waals surface area contributed by atoms with Gasteiger partial charge in [-0.15, -0.1) is 11.3 Å².